The Morgan fingerprint density at radius 3 is 2.59 bits per heavy atom. The van der Waals surface area contributed by atoms with Crippen LogP contribution in [0.25, 0.3) is 0 Å². The number of carbonyl (C=O) groups excluding carboxylic acids is 1. The molecule has 6 heteroatoms. The Labute approximate surface area is 170 Å². The minimum Gasteiger partial charge on any atom is -0.454 e. The van der Waals surface area contributed by atoms with Gasteiger partial charge in [0.2, 0.25) is 6.79 Å². The first-order valence-electron chi connectivity index (χ1n) is 9.58. The number of nitrogens with zero attached hydrogens (tertiary/aromatic N) is 2. The van der Waals surface area contributed by atoms with Crippen molar-refractivity contribution < 1.29 is 14.3 Å². The van der Waals surface area contributed by atoms with E-state index in [1.807, 2.05) is 24.3 Å². The summed E-state index contributed by atoms with van der Waals surface area (Å²) in [7, 11) is 0. The number of anilines is 2. The van der Waals surface area contributed by atoms with Crippen molar-refractivity contribution in [2.75, 3.05) is 17.0 Å². The molecule has 0 saturated heterocycles. The van der Waals surface area contributed by atoms with Crippen LogP contribution in [-0.2, 0) is 6.54 Å². The predicted octanol–water partition coefficient (Wildman–Crippen LogP) is 4.48. The van der Waals surface area contributed by atoms with Crippen molar-refractivity contribution in [1.29, 1.82) is 0 Å². The first-order chi connectivity index (χ1) is 14.1. The number of aromatic nitrogens is 1. The second-order valence-corrected chi connectivity index (χ2v) is 7.13. The summed E-state index contributed by atoms with van der Waals surface area (Å²) in [4.78, 5) is 19.3. The summed E-state index contributed by atoms with van der Waals surface area (Å²) < 4.78 is 10.6. The first-order valence-corrected chi connectivity index (χ1v) is 9.58. The molecule has 1 aliphatic heterocycles. The highest BCUT2D eigenvalue weighted by atomic mass is 16.7. The molecule has 0 atom stereocenters. The van der Waals surface area contributed by atoms with Crippen LogP contribution in [0.5, 0.6) is 11.5 Å². The van der Waals surface area contributed by atoms with Gasteiger partial charge in [0.1, 0.15) is 5.82 Å². The summed E-state index contributed by atoms with van der Waals surface area (Å²) in [6.07, 6.45) is 1.61. The van der Waals surface area contributed by atoms with Crippen molar-refractivity contribution in [3.05, 3.63) is 78.0 Å². The van der Waals surface area contributed by atoms with E-state index < -0.39 is 0 Å². The van der Waals surface area contributed by atoms with Gasteiger partial charge in [0, 0.05) is 30.5 Å². The van der Waals surface area contributed by atoms with E-state index in [1.54, 1.807) is 30.5 Å². The number of rotatable bonds is 6. The number of hydrogen-bond donors (Lipinski definition) is 1. The van der Waals surface area contributed by atoms with Gasteiger partial charge in [0.05, 0.1) is 5.56 Å². The van der Waals surface area contributed by atoms with Crippen molar-refractivity contribution in [3.8, 4) is 11.5 Å². The highest BCUT2D eigenvalue weighted by Gasteiger charge is 2.16. The van der Waals surface area contributed by atoms with Gasteiger partial charge in [-0.15, -0.1) is 0 Å². The predicted molar refractivity (Wildman–Crippen MR) is 113 cm³/mol. The van der Waals surface area contributed by atoms with Crippen LogP contribution in [0.3, 0.4) is 0 Å². The number of ether oxygens (including phenoxy) is 2. The van der Waals surface area contributed by atoms with Gasteiger partial charge >= 0.3 is 0 Å². The highest BCUT2D eigenvalue weighted by molar-refractivity contribution is 6.04. The van der Waals surface area contributed by atoms with Gasteiger partial charge in [0.25, 0.3) is 5.91 Å². The van der Waals surface area contributed by atoms with Crippen molar-refractivity contribution >= 4 is 17.4 Å². The third-order valence-electron chi connectivity index (χ3n) is 4.75. The fourth-order valence-electron chi connectivity index (χ4n) is 3.18. The van der Waals surface area contributed by atoms with Gasteiger partial charge in [-0.2, -0.15) is 0 Å². The minimum atomic E-state index is -0.220. The monoisotopic (exact) mass is 389 g/mol. The first kappa shape index (κ1) is 18.8. The Morgan fingerprint density at radius 2 is 1.86 bits per heavy atom. The highest BCUT2D eigenvalue weighted by Crippen LogP contribution is 2.34. The molecule has 4 rings (SSSR count). The number of amides is 1. The average Bonchev–Trinajstić information content (AvgIpc) is 3.20. The topological polar surface area (TPSA) is 63.7 Å². The fraction of sp³-hybridized carbons (Fsp3) is 0.217. The average molecular weight is 389 g/mol. The number of carbonyl (C=O) groups is 1. The second-order valence-electron chi connectivity index (χ2n) is 7.13. The molecule has 29 heavy (non-hydrogen) atoms. The van der Waals surface area contributed by atoms with E-state index in [0.29, 0.717) is 22.7 Å². The molecule has 2 heterocycles. The van der Waals surface area contributed by atoms with E-state index in [4.69, 9.17) is 9.47 Å². The Morgan fingerprint density at radius 1 is 1.07 bits per heavy atom. The van der Waals surface area contributed by atoms with Crippen LogP contribution in [0.2, 0.25) is 0 Å². The molecule has 0 bridgehead atoms. The Kier molecular flexibility index (Phi) is 5.33. The number of pyridine rings is 1. The smallest absolute Gasteiger partial charge is 0.257 e. The van der Waals surface area contributed by atoms with E-state index in [-0.39, 0.29) is 18.7 Å². The van der Waals surface area contributed by atoms with Gasteiger partial charge in [-0.25, -0.2) is 4.98 Å². The third-order valence-corrected chi connectivity index (χ3v) is 4.75. The summed E-state index contributed by atoms with van der Waals surface area (Å²) in [6.45, 7) is 5.22. The standard InChI is InChI=1S/C23H23N3O3/c1-16(2)26(14-17-6-4-3-5-7-17)22-11-8-18(13-24-22)23(27)25-19-9-10-20-21(12-19)29-15-28-20/h3-13,16H,14-15H2,1-2H3,(H,25,27). The molecule has 2 aromatic carbocycles. The van der Waals surface area contributed by atoms with Gasteiger partial charge < -0.3 is 19.7 Å². The number of fused-ring (bicyclic) bond motifs is 1. The molecule has 1 N–H and O–H groups in total. The molecule has 1 amide bonds. The molecule has 0 saturated carbocycles. The van der Waals surface area contributed by atoms with E-state index in [2.05, 4.69) is 41.2 Å². The minimum absolute atomic E-state index is 0.202. The van der Waals surface area contributed by atoms with E-state index in [0.717, 1.165) is 12.4 Å². The van der Waals surface area contributed by atoms with Crippen LogP contribution in [0, 0.1) is 0 Å². The Bertz CT molecular complexity index is 988. The second kappa shape index (κ2) is 8.22. The zero-order valence-corrected chi connectivity index (χ0v) is 16.5. The lowest BCUT2D eigenvalue weighted by molar-refractivity contribution is 0.102. The van der Waals surface area contributed by atoms with Crippen LogP contribution in [0.15, 0.2) is 66.9 Å². The maximum Gasteiger partial charge on any atom is 0.257 e. The summed E-state index contributed by atoms with van der Waals surface area (Å²) in [5, 5.41) is 2.87. The zero-order chi connectivity index (χ0) is 20.2. The number of hydrogen-bond acceptors (Lipinski definition) is 5. The van der Waals surface area contributed by atoms with Crippen LogP contribution >= 0.6 is 0 Å². The van der Waals surface area contributed by atoms with Crippen LogP contribution in [0.4, 0.5) is 11.5 Å². The van der Waals surface area contributed by atoms with E-state index in [9.17, 15) is 4.79 Å². The van der Waals surface area contributed by atoms with Gasteiger partial charge in [-0.05, 0) is 43.7 Å². The fourth-order valence-corrected chi connectivity index (χ4v) is 3.18. The van der Waals surface area contributed by atoms with Crippen molar-refractivity contribution in [2.24, 2.45) is 0 Å². The number of nitrogens with one attached hydrogen (secondary N) is 1. The van der Waals surface area contributed by atoms with E-state index in [1.165, 1.54) is 5.56 Å². The van der Waals surface area contributed by atoms with Crippen molar-refractivity contribution in [2.45, 2.75) is 26.4 Å². The SMILES string of the molecule is CC(C)N(Cc1ccccc1)c1ccc(C(=O)Nc2ccc3c(c2)OCO3)cn1. The molecule has 0 unspecified atom stereocenters. The molecule has 3 aromatic rings. The molecule has 1 aliphatic rings. The van der Waals surface area contributed by atoms with Crippen LogP contribution in [0.1, 0.15) is 29.8 Å². The van der Waals surface area contributed by atoms with Gasteiger partial charge in [-0.3, -0.25) is 4.79 Å². The van der Waals surface area contributed by atoms with Crippen molar-refractivity contribution in [3.63, 3.8) is 0 Å². The molecular formula is C23H23N3O3. The Hall–Kier alpha value is -3.54. The lowest BCUT2D eigenvalue weighted by Crippen LogP contribution is -2.31. The molecular weight excluding hydrogens is 366 g/mol. The molecule has 0 radical (unpaired) electrons. The maximum atomic E-state index is 12.6. The molecule has 1 aromatic heterocycles. The number of benzene rings is 2. The Balaban J connectivity index is 1.46. The van der Waals surface area contributed by atoms with E-state index >= 15 is 0 Å². The third kappa shape index (κ3) is 4.32. The molecule has 0 spiro atoms. The molecule has 0 fully saturated rings. The summed E-state index contributed by atoms with van der Waals surface area (Å²) in [5.74, 6) is 1.93. The van der Waals surface area contributed by atoms with Crippen molar-refractivity contribution in [1.82, 2.24) is 4.98 Å². The molecule has 0 aliphatic carbocycles. The van der Waals surface area contributed by atoms with Gasteiger partial charge in [-0.1, -0.05) is 30.3 Å². The normalized spacial score (nSPS) is 12.1. The van der Waals surface area contributed by atoms with Crippen LogP contribution < -0.4 is 19.7 Å². The lowest BCUT2D eigenvalue weighted by Gasteiger charge is -2.28. The molecule has 6 nitrogen and oxygen atoms in total. The summed E-state index contributed by atoms with van der Waals surface area (Å²) >= 11 is 0. The maximum absolute atomic E-state index is 12.6. The summed E-state index contributed by atoms with van der Waals surface area (Å²) in [6, 6.07) is 19.5. The lowest BCUT2D eigenvalue weighted by atomic mass is 10.2. The van der Waals surface area contributed by atoms with Crippen LogP contribution in [-0.4, -0.2) is 23.7 Å². The quantitative estimate of drug-likeness (QED) is 0.674. The largest absolute Gasteiger partial charge is 0.454 e. The summed E-state index contributed by atoms with van der Waals surface area (Å²) in [5.41, 5.74) is 2.36. The zero-order valence-electron chi connectivity index (χ0n) is 16.5. The molecule has 148 valence electrons. The van der Waals surface area contributed by atoms with Gasteiger partial charge in [0.15, 0.2) is 11.5 Å².